The Morgan fingerprint density at radius 1 is 1.44 bits per heavy atom. The number of nitrogens with two attached hydrogens (primary N) is 1. The lowest BCUT2D eigenvalue weighted by atomic mass is 9.98. The smallest absolute Gasteiger partial charge is 0.137 e. The molecule has 0 radical (unpaired) electrons. The molecule has 1 fully saturated rings. The van der Waals surface area contributed by atoms with Crippen molar-refractivity contribution in [3.8, 4) is 0 Å². The first-order valence-corrected chi connectivity index (χ1v) is 6.84. The van der Waals surface area contributed by atoms with E-state index >= 15 is 0 Å². The summed E-state index contributed by atoms with van der Waals surface area (Å²) in [5, 5.41) is 0. The largest absolute Gasteiger partial charge is 0.330 e. The van der Waals surface area contributed by atoms with Crippen LogP contribution in [0.5, 0.6) is 0 Å². The molecule has 0 aliphatic carbocycles. The van der Waals surface area contributed by atoms with Crippen molar-refractivity contribution in [2.45, 2.75) is 19.4 Å². The zero-order chi connectivity index (χ0) is 12.3. The quantitative estimate of drug-likeness (QED) is 0.918. The predicted octanol–water partition coefficient (Wildman–Crippen LogP) is 3.18. The first-order valence-electron chi connectivity index (χ1n) is 6.05. The van der Waals surface area contributed by atoms with Crippen LogP contribution in [0.3, 0.4) is 0 Å². The molecule has 2 nitrogen and oxygen atoms in total. The fourth-order valence-electron chi connectivity index (χ4n) is 2.38. The first-order chi connectivity index (χ1) is 8.19. The van der Waals surface area contributed by atoms with Crippen LogP contribution in [0, 0.1) is 11.7 Å². The van der Waals surface area contributed by atoms with Gasteiger partial charge < -0.3 is 5.73 Å². The van der Waals surface area contributed by atoms with Crippen molar-refractivity contribution in [3.63, 3.8) is 0 Å². The number of hydrogen-bond donors (Lipinski definition) is 1. The van der Waals surface area contributed by atoms with Gasteiger partial charge in [0.15, 0.2) is 0 Å². The minimum Gasteiger partial charge on any atom is -0.330 e. The molecular formula is C13H19BrClFN2. The molecule has 0 saturated carbocycles. The second-order valence-corrected chi connectivity index (χ2v) is 5.58. The lowest BCUT2D eigenvalue weighted by molar-refractivity contribution is 0.171. The highest BCUT2D eigenvalue weighted by atomic mass is 79.9. The molecule has 1 aliphatic heterocycles. The van der Waals surface area contributed by atoms with Crippen molar-refractivity contribution in [2.24, 2.45) is 11.7 Å². The average Bonchev–Trinajstić information content (AvgIpc) is 2.34. The lowest BCUT2D eigenvalue weighted by Crippen LogP contribution is -2.37. The van der Waals surface area contributed by atoms with Crippen molar-refractivity contribution in [3.05, 3.63) is 34.1 Å². The molecule has 0 aromatic heterocycles. The van der Waals surface area contributed by atoms with Crippen LogP contribution in [-0.4, -0.2) is 24.5 Å². The topological polar surface area (TPSA) is 29.3 Å². The molecule has 0 amide bonds. The average molecular weight is 338 g/mol. The maximum atomic E-state index is 13.4. The number of benzene rings is 1. The summed E-state index contributed by atoms with van der Waals surface area (Å²) in [5.74, 6) is 0.416. The number of likely N-dealkylation sites (tertiary alicyclic amines) is 1. The van der Waals surface area contributed by atoms with Crippen molar-refractivity contribution in [1.29, 1.82) is 0 Å². The molecule has 1 heterocycles. The summed E-state index contributed by atoms with van der Waals surface area (Å²) in [5.41, 5.74) is 6.74. The zero-order valence-corrected chi connectivity index (χ0v) is 12.6. The Hall–Kier alpha value is -0.160. The third-order valence-electron chi connectivity index (χ3n) is 3.33. The second-order valence-electron chi connectivity index (χ2n) is 4.73. The Bertz CT molecular complexity index is 389. The van der Waals surface area contributed by atoms with Gasteiger partial charge in [0.25, 0.3) is 0 Å². The van der Waals surface area contributed by atoms with E-state index in [0.29, 0.717) is 10.4 Å². The van der Waals surface area contributed by atoms with Crippen molar-refractivity contribution in [1.82, 2.24) is 4.90 Å². The Morgan fingerprint density at radius 3 is 2.89 bits per heavy atom. The molecule has 102 valence electrons. The summed E-state index contributed by atoms with van der Waals surface area (Å²) < 4.78 is 13.9. The molecule has 18 heavy (non-hydrogen) atoms. The van der Waals surface area contributed by atoms with Crippen LogP contribution in [0.4, 0.5) is 4.39 Å². The highest BCUT2D eigenvalue weighted by molar-refractivity contribution is 9.10. The summed E-state index contributed by atoms with van der Waals surface area (Å²) >= 11 is 3.17. The summed E-state index contributed by atoms with van der Waals surface area (Å²) in [6, 6.07) is 5.35. The number of rotatable bonds is 3. The molecule has 5 heteroatoms. The Kier molecular flexibility index (Phi) is 6.57. The molecular weight excluding hydrogens is 319 g/mol. The minimum atomic E-state index is -0.185. The monoisotopic (exact) mass is 336 g/mol. The van der Waals surface area contributed by atoms with Crippen LogP contribution in [0.2, 0.25) is 0 Å². The van der Waals surface area contributed by atoms with Crippen LogP contribution in [0.25, 0.3) is 0 Å². The van der Waals surface area contributed by atoms with Gasteiger partial charge in [-0.05, 0) is 65.5 Å². The SMILES string of the molecule is Cl.NCC1CCCN(Cc2ccc(Br)c(F)c2)C1. The Labute approximate surface area is 122 Å². The lowest BCUT2D eigenvalue weighted by Gasteiger charge is -2.32. The molecule has 1 unspecified atom stereocenters. The van der Waals surface area contributed by atoms with Crippen molar-refractivity contribution >= 4 is 28.3 Å². The third-order valence-corrected chi connectivity index (χ3v) is 3.97. The van der Waals surface area contributed by atoms with E-state index in [9.17, 15) is 4.39 Å². The first kappa shape index (κ1) is 15.9. The van der Waals surface area contributed by atoms with E-state index in [-0.39, 0.29) is 18.2 Å². The predicted molar refractivity (Wildman–Crippen MR) is 78.4 cm³/mol. The van der Waals surface area contributed by atoms with Gasteiger partial charge in [-0.1, -0.05) is 6.07 Å². The molecule has 1 atom stereocenters. The van der Waals surface area contributed by atoms with Crippen LogP contribution < -0.4 is 5.73 Å². The van der Waals surface area contributed by atoms with Crippen LogP contribution in [0.1, 0.15) is 18.4 Å². The molecule has 2 N–H and O–H groups in total. The highest BCUT2D eigenvalue weighted by Gasteiger charge is 2.18. The summed E-state index contributed by atoms with van der Waals surface area (Å²) in [7, 11) is 0. The zero-order valence-electron chi connectivity index (χ0n) is 10.2. The Morgan fingerprint density at radius 2 is 2.22 bits per heavy atom. The Balaban J connectivity index is 0.00000162. The molecule has 1 aromatic carbocycles. The maximum absolute atomic E-state index is 13.4. The van der Waals surface area contributed by atoms with E-state index < -0.39 is 0 Å². The highest BCUT2D eigenvalue weighted by Crippen LogP contribution is 2.20. The van der Waals surface area contributed by atoms with Gasteiger partial charge in [-0.3, -0.25) is 4.90 Å². The van der Waals surface area contributed by atoms with Gasteiger partial charge in [0.2, 0.25) is 0 Å². The second kappa shape index (κ2) is 7.43. The van der Waals surface area contributed by atoms with Crippen LogP contribution >= 0.6 is 28.3 Å². The maximum Gasteiger partial charge on any atom is 0.137 e. The fourth-order valence-corrected chi connectivity index (χ4v) is 2.63. The number of nitrogens with zero attached hydrogens (tertiary/aromatic N) is 1. The molecule has 1 aliphatic rings. The van der Waals surface area contributed by atoms with Gasteiger partial charge in [0.1, 0.15) is 5.82 Å². The van der Waals surface area contributed by atoms with Gasteiger partial charge in [0, 0.05) is 13.1 Å². The van der Waals surface area contributed by atoms with E-state index in [1.165, 1.54) is 12.8 Å². The number of hydrogen-bond acceptors (Lipinski definition) is 2. The fraction of sp³-hybridized carbons (Fsp3) is 0.538. The molecule has 1 aromatic rings. The minimum absolute atomic E-state index is 0. The number of piperidine rings is 1. The molecule has 0 spiro atoms. The van der Waals surface area contributed by atoms with E-state index in [4.69, 9.17) is 5.73 Å². The van der Waals surface area contributed by atoms with Gasteiger partial charge >= 0.3 is 0 Å². The van der Waals surface area contributed by atoms with Crippen LogP contribution in [0.15, 0.2) is 22.7 Å². The van der Waals surface area contributed by atoms with E-state index in [0.717, 1.165) is 31.7 Å². The molecule has 0 bridgehead atoms. The number of halogens is 3. The van der Waals surface area contributed by atoms with E-state index in [2.05, 4.69) is 20.8 Å². The normalized spacial score (nSPS) is 20.5. The van der Waals surface area contributed by atoms with Crippen molar-refractivity contribution in [2.75, 3.05) is 19.6 Å². The third kappa shape index (κ3) is 4.19. The molecule has 2 rings (SSSR count). The van der Waals surface area contributed by atoms with E-state index in [1.54, 1.807) is 12.1 Å². The van der Waals surface area contributed by atoms with Crippen LogP contribution in [-0.2, 0) is 6.54 Å². The van der Waals surface area contributed by atoms with Crippen molar-refractivity contribution < 1.29 is 4.39 Å². The summed E-state index contributed by atoms with van der Waals surface area (Å²) in [4.78, 5) is 2.36. The summed E-state index contributed by atoms with van der Waals surface area (Å²) in [6.45, 7) is 3.70. The van der Waals surface area contributed by atoms with Gasteiger partial charge in [-0.15, -0.1) is 12.4 Å². The molecule has 1 saturated heterocycles. The van der Waals surface area contributed by atoms with Gasteiger partial charge in [-0.25, -0.2) is 4.39 Å². The standard InChI is InChI=1S/C13H18BrFN2.ClH/c14-12-4-3-10(6-13(12)15)8-17-5-1-2-11(7-16)9-17;/h3-4,6,11H,1-2,5,7-9,16H2;1H. The van der Waals surface area contributed by atoms with E-state index in [1.807, 2.05) is 6.07 Å². The summed E-state index contributed by atoms with van der Waals surface area (Å²) in [6.07, 6.45) is 2.42. The van der Waals surface area contributed by atoms with Gasteiger partial charge in [0.05, 0.1) is 4.47 Å². The van der Waals surface area contributed by atoms with Gasteiger partial charge in [-0.2, -0.15) is 0 Å².